The normalized spacial score (nSPS) is 10.5. The number of rotatable bonds is 6. The van der Waals surface area contributed by atoms with Gasteiger partial charge in [0, 0.05) is 18.7 Å². The predicted molar refractivity (Wildman–Crippen MR) is 90.9 cm³/mol. The number of aryl methyl sites for hydroxylation is 2. The van der Waals surface area contributed by atoms with Gasteiger partial charge in [-0.3, -0.25) is 10.1 Å². The molecule has 1 N–H and O–H groups in total. The third kappa shape index (κ3) is 4.11. The minimum atomic E-state index is -0.403. The maximum Gasteiger partial charge on any atom is 0.292 e. The van der Waals surface area contributed by atoms with Gasteiger partial charge in [-0.2, -0.15) is 4.98 Å². The Bertz CT molecular complexity index is 890. The van der Waals surface area contributed by atoms with Crippen molar-refractivity contribution >= 4 is 17.1 Å². The van der Waals surface area contributed by atoms with Gasteiger partial charge in [0.2, 0.25) is 11.7 Å². The van der Waals surface area contributed by atoms with Crippen molar-refractivity contribution < 1.29 is 14.2 Å². The van der Waals surface area contributed by atoms with Crippen LogP contribution in [0.5, 0.6) is 5.75 Å². The van der Waals surface area contributed by atoms with Gasteiger partial charge in [0.1, 0.15) is 11.4 Å². The summed E-state index contributed by atoms with van der Waals surface area (Å²) in [5, 5.41) is 18.0. The third-order valence-electron chi connectivity index (χ3n) is 3.42. The number of hydrogen-bond acceptors (Lipinski definition) is 7. The van der Waals surface area contributed by atoms with Crippen LogP contribution in [-0.2, 0) is 6.61 Å². The summed E-state index contributed by atoms with van der Waals surface area (Å²) >= 11 is 0. The summed E-state index contributed by atoms with van der Waals surface area (Å²) in [6.07, 6.45) is 0. The number of nitro groups is 1. The first kappa shape index (κ1) is 16.4. The van der Waals surface area contributed by atoms with E-state index in [1.807, 2.05) is 13.0 Å². The summed E-state index contributed by atoms with van der Waals surface area (Å²) in [7, 11) is 0. The van der Waals surface area contributed by atoms with Crippen LogP contribution in [0.2, 0.25) is 0 Å². The lowest BCUT2D eigenvalue weighted by molar-refractivity contribution is -0.384. The van der Waals surface area contributed by atoms with E-state index in [1.165, 1.54) is 6.07 Å². The molecule has 0 radical (unpaired) electrons. The molecule has 8 heteroatoms. The lowest BCUT2D eigenvalue weighted by Crippen LogP contribution is -1.99. The lowest BCUT2D eigenvalue weighted by atomic mass is 10.2. The predicted octanol–water partition coefficient (Wildman–Crippen LogP) is 3.92. The van der Waals surface area contributed by atoms with E-state index in [0.717, 1.165) is 11.3 Å². The molecule has 0 saturated carbocycles. The van der Waals surface area contributed by atoms with Crippen LogP contribution >= 0.6 is 0 Å². The van der Waals surface area contributed by atoms with Crippen molar-refractivity contribution in [1.82, 2.24) is 10.1 Å². The average molecular weight is 340 g/mol. The molecule has 0 fully saturated rings. The van der Waals surface area contributed by atoms with Crippen LogP contribution in [0.4, 0.5) is 17.1 Å². The Hall–Kier alpha value is -3.42. The first-order chi connectivity index (χ1) is 12.0. The van der Waals surface area contributed by atoms with Crippen molar-refractivity contribution in [2.75, 3.05) is 5.32 Å². The lowest BCUT2D eigenvalue weighted by Gasteiger charge is -2.09. The quantitative estimate of drug-likeness (QED) is 0.536. The van der Waals surface area contributed by atoms with E-state index >= 15 is 0 Å². The number of nitrogens with zero attached hydrogens (tertiary/aromatic N) is 3. The number of ether oxygens (including phenoxy) is 1. The van der Waals surface area contributed by atoms with Crippen LogP contribution in [0, 0.1) is 24.0 Å². The number of hydrogen-bond donors (Lipinski definition) is 1. The standard InChI is InChI=1S/C17H16N4O4/c1-11-3-8-15(16(9-11)21(22)23)19-13-4-6-14(7-5-13)24-10-17-18-12(2)25-20-17/h3-9,19H,10H2,1-2H3. The van der Waals surface area contributed by atoms with Crippen LogP contribution in [0.15, 0.2) is 47.0 Å². The Morgan fingerprint density at radius 2 is 1.96 bits per heavy atom. The van der Waals surface area contributed by atoms with E-state index in [9.17, 15) is 10.1 Å². The average Bonchev–Trinajstić information content (AvgIpc) is 3.01. The number of aromatic nitrogens is 2. The Kier molecular flexibility index (Phi) is 4.60. The van der Waals surface area contributed by atoms with Gasteiger partial charge in [-0.05, 0) is 42.8 Å². The molecule has 0 amide bonds. The summed E-state index contributed by atoms with van der Waals surface area (Å²) in [6.45, 7) is 3.73. The minimum absolute atomic E-state index is 0.0350. The number of nitrogens with one attached hydrogen (secondary N) is 1. The van der Waals surface area contributed by atoms with Gasteiger partial charge in [0.25, 0.3) is 5.69 Å². The van der Waals surface area contributed by atoms with E-state index in [-0.39, 0.29) is 12.3 Å². The molecule has 2 aromatic carbocycles. The maximum atomic E-state index is 11.2. The van der Waals surface area contributed by atoms with Crippen molar-refractivity contribution in [2.24, 2.45) is 0 Å². The first-order valence-corrected chi connectivity index (χ1v) is 7.55. The van der Waals surface area contributed by atoms with E-state index < -0.39 is 4.92 Å². The molecule has 3 rings (SSSR count). The molecule has 3 aromatic rings. The summed E-state index contributed by atoms with van der Waals surface area (Å²) in [6, 6.07) is 12.1. The molecule has 0 aliphatic heterocycles. The topological polar surface area (TPSA) is 103 Å². The largest absolute Gasteiger partial charge is 0.485 e. The van der Waals surface area contributed by atoms with Crippen LogP contribution in [0.1, 0.15) is 17.3 Å². The molecular formula is C17H16N4O4. The zero-order valence-electron chi connectivity index (χ0n) is 13.7. The van der Waals surface area contributed by atoms with Gasteiger partial charge in [-0.15, -0.1) is 0 Å². The molecule has 0 bridgehead atoms. The molecule has 0 unspecified atom stereocenters. The molecule has 0 aliphatic rings. The molecule has 8 nitrogen and oxygen atoms in total. The van der Waals surface area contributed by atoms with E-state index in [1.54, 1.807) is 37.3 Å². The van der Waals surface area contributed by atoms with Gasteiger partial charge in [-0.25, -0.2) is 0 Å². The molecule has 128 valence electrons. The second kappa shape index (κ2) is 7.00. The second-order valence-electron chi connectivity index (χ2n) is 5.45. The first-order valence-electron chi connectivity index (χ1n) is 7.55. The van der Waals surface area contributed by atoms with Gasteiger partial charge < -0.3 is 14.6 Å². The SMILES string of the molecule is Cc1ccc(Nc2ccc(OCc3noc(C)n3)cc2)c([N+](=O)[O-])c1. The molecule has 25 heavy (non-hydrogen) atoms. The van der Waals surface area contributed by atoms with Crippen molar-refractivity contribution in [2.45, 2.75) is 20.5 Å². The Labute approximate surface area is 143 Å². The Morgan fingerprint density at radius 3 is 2.60 bits per heavy atom. The molecule has 0 aliphatic carbocycles. The fourth-order valence-corrected chi connectivity index (χ4v) is 2.24. The number of nitro benzene ring substituents is 1. The van der Waals surface area contributed by atoms with Crippen LogP contribution in [-0.4, -0.2) is 15.1 Å². The Balaban J connectivity index is 1.67. The Morgan fingerprint density at radius 1 is 1.20 bits per heavy atom. The molecule has 1 aromatic heterocycles. The van der Waals surface area contributed by atoms with Crippen molar-refractivity contribution in [3.63, 3.8) is 0 Å². The highest BCUT2D eigenvalue weighted by Crippen LogP contribution is 2.29. The third-order valence-corrected chi connectivity index (χ3v) is 3.42. The van der Waals surface area contributed by atoms with Crippen LogP contribution in [0.25, 0.3) is 0 Å². The van der Waals surface area contributed by atoms with Gasteiger partial charge in [-0.1, -0.05) is 11.2 Å². The number of anilines is 2. The minimum Gasteiger partial charge on any atom is -0.485 e. The maximum absolute atomic E-state index is 11.2. The number of benzene rings is 2. The zero-order chi connectivity index (χ0) is 17.8. The summed E-state index contributed by atoms with van der Waals surface area (Å²) in [5.41, 5.74) is 2.02. The molecule has 1 heterocycles. The molecule has 0 atom stereocenters. The summed E-state index contributed by atoms with van der Waals surface area (Å²) in [5.74, 6) is 1.58. The molecular weight excluding hydrogens is 324 g/mol. The van der Waals surface area contributed by atoms with Crippen LogP contribution in [0.3, 0.4) is 0 Å². The second-order valence-corrected chi connectivity index (χ2v) is 5.45. The van der Waals surface area contributed by atoms with Crippen molar-refractivity contribution in [1.29, 1.82) is 0 Å². The van der Waals surface area contributed by atoms with Gasteiger partial charge >= 0.3 is 0 Å². The fraction of sp³-hybridized carbons (Fsp3) is 0.176. The molecule has 0 spiro atoms. The fourth-order valence-electron chi connectivity index (χ4n) is 2.24. The smallest absolute Gasteiger partial charge is 0.292 e. The van der Waals surface area contributed by atoms with Gasteiger partial charge in [0.15, 0.2) is 6.61 Å². The van der Waals surface area contributed by atoms with Crippen molar-refractivity contribution in [3.8, 4) is 5.75 Å². The molecule has 0 saturated heterocycles. The zero-order valence-corrected chi connectivity index (χ0v) is 13.7. The highest BCUT2D eigenvalue weighted by Gasteiger charge is 2.13. The summed E-state index contributed by atoms with van der Waals surface area (Å²) in [4.78, 5) is 14.8. The van der Waals surface area contributed by atoms with Crippen molar-refractivity contribution in [3.05, 3.63) is 69.9 Å². The van der Waals surface area contributed by atoms with E-state index in [0.29, 0.717) is 23.2 Å². The monoisotopic (exact) mass is 340 g/mol. The highest BCUT2D eigenvalue weighted by molar-refractivity contribution is 5.70. The van der Waals surface area contributed by atoms with E-state index in [4.69, 9.17) is 9.26 Å². The highest BCUT2D eigenvalue weighted by atomic mass is 16.6. The summed E-state index contributed by atoms with van der Waals surface area (Å²) < 4.78 is 10.4. The van der Waals surface area contributed by atoms with E-state index in [2.05, 4.69) is 15.5 Å². The van der Waals surface area contributed by atoms with Crippen LogP contribution < -0.4 is 10.1 Å². The van der Waals surface area contributed by atoms with Gasteiger partial charge in [0.05, 0.1) is 4.92 Å².